The van der Waals surface area contributed by atoms with Gasteiger partial charge in [0.05, 0.1) is 18.0 Å². The predicted molar refractivity (Wildman–Crippen MR) is 109 cm³/mol. The number of carbonyl (C=O) groups is 1. The fourth-order valence-corrected chi connectivity index (χ4v) is 3.43. The maximum absolute atomic E-state index is 12.1. The van der Waals surface area contributed by atoms with Gasteiger partial charge in [0.1, 0.15) is 12.4 Å². The summed E-state index contributed by atoms with van der Waals surface area (Å²) in [5.41, 5.74) is 3.53. The lowest BCUT2D eigenvalue weighted by atomic mass is 10.1. The second kappa shape index (κ2) is 9.28. The Morgan fingerprint density at radius 2 is 1.96 bits per heavy atom. The van der Waals surface area contributed by atoms with Gasteiger partial charge in [-0.3, -0.25) is 9.36 Å². The van der Waals surface area contributed by atoms with Gasteiger partial charge in [0.15, 0.2) is 5.16 Å². The molecule has 1 N–H and O–H groups in total. The van der Waals surface area contributed by atoms with Crippen molar-refractivity contribution in [1.82, 2.24) is 14.9 Å². The third-order valence-electron chi connectivity index (χ3n) is 4.21. The van der Waals surface area contributed by atoms with Crippen molar-refractivity contribution in [1.29, 1.82) is 0 Å². The Morgan fingerprint density at radius 1 is 1.15 bits per heavy atom. The lowest BCUT2D eigenvalue weighted by Gasteiger charge is -2.12. The van der Waals surface area contributed by atoms with Crippen molar-refractivity contribution in [3.8, 4) is 11.4 Å². The van der Waals surface area contributed by atoms with Crippen LogP contribution < -0.4 is 10.1 Å². The Morgan fingerprint density at radius 3 is 2.78 bits per heavy atom. The molecular weight excluding hydrogens is 358 g/mol. The summed E-state index contributed by atoms with van der Waals surface area (Å²) in [6.07, 6.45) is 3.69. The summed E-state index contributed by atoms with van der Waals surface area (Å²) in [5.74, 6) is 1.08. The number of rotatable bonds is 8. The zero-order valence-electron chi connectivity index (χ0n) is 15.5. The van der Waals surface area contributed by atoms with Gasteiger partial charge in [-0.2, -0.15) is 0 Å². The van der Waals surface area contributed by atoms with E-state index in [2.05, 4.69) is 36.3 Å². The Balaban J connectivity index is 1.48. The first kappa shape index (κ1) is 19.0. The molecule has 0 atom stereocenters. The molecule has 0 spiro atoms. The van der Waals surface area contributed by atoms with Gasteiger partial charge in [-0.25, -0.2) is 4.98 Å². The van der Waals surface area contributed by atoms with E-state index >= 15 is 0 Å². The minimum atomic E-state index is -0.0350. The first-order valence-electron chi connectivity index (χ1n) is 8.82. The van der Waals surface area contributed by atoms with Gasteiger partial charge < -0.3 is 10.1 Å². The van der Waals surface area contributed by atoms with E-state index in [0.29, 0.717) is 18.9 Å². The van der Waals surface area contributed by atoms with Crippen molar-refractivity contribution in [2.24, 2.45) is 0 Å². The molecule has 27 heavy (non-hydrogen) atoms. The van der Waals surface area contributed by atoms with Crippen LogP contribution in [0.15, 0.2) is 66.1 Å². The summed E-state index contributed by atoms with van der Waals surface area (Å²) in [5, 5.41) is 3.68. The first-order valence-corrected chi connectivity index (χ1v) is 9.81. The molecule has 6 heteroatoms. The molecule has 0 bridgehead atoms. The van der Waals surface area contributed by atoms with Crippen molar-refractivity contribution < 1.29 is 9.53 Å². The first-order chi connectivity index (χ1) is 13.1. The molecule has 0 fully saturated rings. The number of nitrogens with zero attached hydrogens (tertiary/aromatic N) is 2. The summed E-state index contributed by atoms with van der Waals surface area (Å²) in [4.78, 5) is 16.5. The van der Waals surface area contributed by atoms with E-state index in [1.54, 1.807) is 6.20 Å². The maximum Gasteiger partial charge on any atom is 0.230 e. The molecule has 0 saturated heterocycles. The molecule has 140 valence electrons. The van der Waals surface area contributed by atoms with Crippen LogP contribution in [-0.4, -0.2) is 34.4 Å². The van der Waals surface area contributed by atoms with E-state index < -0.39 is 0 Å². The predicted octanol–water partition coefficient (Wildman–Crippen LogP) is 3.78. The molecule has 0 aliphatic carbocycles. The molecule has 0 aliphatic rings. The van der Waals surface area contributed by atoms with Crippen molar-refractivity contribution in [2.75, 3.05) is 18.9 Å². The molecule has 0 radical (unpaired) electrons. The van der Waals surface area contributed by atoms with Crippen molar-refractivity contribution in [3.63, 3.8) is 0 Å². The summed E-state index contributed by atoms with van der Waals surface area (Å²) < 4.78 is 7.60. The number of amides is 1. The third-order valence-corrected chi connectivity index (χ3v) is 5.18. The number of nitrogens with one attached hydrogen (secondary N) is 1. The minimum Gasteiger partial charge on any atom is -0.492 e. The standard InChI is InChI=1S/C21H23N3O2S/c1-16-7-6-10-19(17(16)2)24-13-11-23-21(24)27-15-20(25)22-12-14-26-18-8-4-3-5-9-18/h3-11,13H,12,14-15H2,1-2H3,(H,22,25). The van der Waals surface area contributed by atoms with Crippen molar-refractivity contribution in [2.45, 2.75) is 19.0 Å². The Kier molecular flexibility index (Phi) is 6.54. The third kappa shape index (κ3) is 5.14. The highest BCUT2D eigenvalue weighted by Gasteiger charge is 2.11. The number of carbonyl (C=O) groups excluding carboxylic acids is 1. The highest BCUT2D eigenvalue weighted by molar-refractivity contribution is 7.99. The second-order valence-corrected chi connectivity index (χ2v) is 7.04. The molecule has 5 nitrogen and oxygen atoms in total. The molecule has 3 aromatic rings. The Hall–Kier alpha value is -2.73. The fraction of sp³-hybridized carbons (Fsp3) is 0.238. The topological polar surface area (TPSA) is 56.2 Å². The molecule has 1 aromatic heterocycles. The molecule has 1 heterocycles. The van der Waals surface area contributed by atoms with Crippen LogP contribution >= 0.6 is 11.8 Å². The monoisotopic (exact) mass is 381 g/mol. The molecule has 2 aromatic carbocycles. The van der Waals surface area contributed by atoms with E-state index in [1.807, 2.05) is 47.2 Å². The summed E-state index contributed by atoms with van der Waals surface area (Å²) in [6, 6.07) is 15.8. The van der Waals surface area contributed by atoms with Crippen LogP contribution in [0.3, 0.4) is 0 Å². The van der Waals surface area contributed by atoms with E-state index in [4.69, 9.17) is 4.74 Å². The van der Waals surface area contributed by atoms with Crippen LogP contribution in [0.5, 0.6) is 5.75 Å². The molecule has 0 unspecified atom stereocenters. The zero-order valence-corrected chi connectivity index (χ0v) is 16.3. The number of thioether (sulfide) groups is 1. The van der Waals surface area contributed by atoms with Gasteiger partial charge in [0, 0.05) is 12.4 Å². The number of aryl methyl sites for hydroxylation is 1. The van der Waals surface area contributed by atoms with Crippen LogP contribution in [-0.2, 0) is 4.79 Å². The van der Waals surface area contributed by atoms with Crippen LogP contribution in [0.4, 0.5) is 0 Å². The smallest absolute Gasteiger partial charge is 0.230 e. The van der Waals surface area contributed by atoms with Crippen molar-refractivity contribution in [3.05, 3.63) is 72.1 Å². The highest BCUT2D eigenvalue weighted by Crippen LogP contribution is 2.24. The normalized spacial score (nSPS) is 10.6. The van der Waals surface area contributed by atoms with Gasteiger partial charge in [0.2, 0.25) is 5.91 Å². The lowest BCUT2D eigenvalue weighted by molar-refractivity contribution is -0.118. The van der Waals surface area contributed by atoms with Gasteiger partial charge in [-0.15, -0.1) is 0 Å². The number of hydrogen-bond donors (Lipinski definition) is 1. The highest BCUT2D eigenvalue weighted by atomic mass is 32.2. The quantitative estimate of drug-likeness (QED) is 0.477. The largest absolute Gasteiger partial charge is 0.492 e. The zero-order chi connectivity index (χ0) is 19.1. The summed E-state index contributed by atoms with van der Waals surface area (Å²) in [6.45, 7) is 5.10. The number of para-hydroxylation sites is 1. The summed E-state index contributed by atoms with van der Waals surface area (Å²) >= 11 is 1.42. The number of ether oxygens (including phenoxy) is 1. The van der Waals surface area contributed by atoms with Gasteiger partial charge in [0.25, 0.3) is 0 Å². The minimum absolute atomic E-state index is 0.0350. The van der Waals surface area contributed by atoms with E-state index in [1.165, 1.54) is 22.9 Å². The van der Waals surface area contributed by atoms with Gasteiger partial charge in [-0.1, -0.05) is 42.1 Å². The van der Waals surface area contributed by atoms with Crippen LogP contribution in [0.1, 0.15) is 11.1 Å². The van der Waals surface area contributed by atoms with Gasteiger partial charge >= 0.3 is 0 Å². The van der Waals surface area contributed by atoms with E-state index in [0.717, 1.165) is 16.6 Å². The fourth-order valence-electron chi connectivity index (χ4n) is 2.63. The van der Waals surface area contributed by atoms with Gasteiger partial charge in [-0.05, 0) is 43.2 Å². The molecule has 0 aliphatic heterocycles. The van der Waals surface area contributed by atoms with E-state index in [9.17, 15) is 4.79 Å². The molecule has 1 amide bonds. The van der Waals surface area contributed by atoms with Crippen LogP contribution in [0.2, 0.25) is 0 Å². The lowest BCUT2D eigenvalue weighted by Crippen LogP contribution is -2.29. The van der Waals surface area contributed by atoms with E-state index in [-0.39, 0.29) is 5.91 Å². The average molecular weight is 382 g/mol. The molecule has 0 saturated carbocycles. The van der Waals surface area contributed by atoms with Crippen molar-refractivity contribution >= 4 is 17.7 Å². The number of imidazole rings is 1. The van der Waals surface area contributed by atoms with Crippen LogP contribution in [0.25, 0.3) is 5.69 Å². The molecular formula is C21H23N3O2S. The molecule has 3 rings (SSSR count). The number of aromatic nitrogens is 2. The Bertz CT molecular complexity index is 893. The Labute approximate surface area is 163 Å². The van der Waals surface area contributed by atoms with Crippen LogP contribution in [0, 0.1) is 13.8 Å². The number of hydrogen-bond acceptors (Lipinski definition) is 4. The SMILES string of the molecule is Cc1cccc(-n2ccnc2SCC(=O)NCCOc2ccccc2)c1C. The average Bonchev–Trinajstić information content (AvgIpc) is 3.15. The second-order valence-electron chi connectivity index (χ2n) is 6.10. The summed E-state index contributed by atoms with van der Waals surface area (Å²) in [7, 11) is 0. The number of benzene rings is 2. The maximum atomic E-state index is 12.1.